The number of carbonyl (C=O) groups excluding carboxylic acids is 1. The summed E-state index contributed by atoms with van der Waals surface area (Å²) in [6.07, 6.45) is 0. The van der Waals surface area contributed by atoms with E-state index in [2.05, 4.69) is 37.2 Å². The average Bonchev–Trinajstić information content (AvgIpc) is 2.37. The number of ether oxygens (including phenoxy) is 1. The number of hydrogen-bond acceptors (Lipinski definition) is 5. The van der Waals surface area contributed by atoms with Crippen molar-refractivity contribution in [3.8, 4) is 0 Å². The molecule has 6 nitrogen and oxygen atoms in total. The van der Waals surface area contributed by atoms with Crippen molar-refractivity contribution in [1.29, 1.82) is 0 Å². The largest absolute Gasteiger partial charge is 0.461 e. The van der Waals surface area contributed by atoms with Gasteiger partial charge in [0.1, 0.15) is 0 Å². The number of benzene rings is 1. The van der Waals surface area contributed by atoms with Crippen LogP contribution >= 0.6 is 31.9 Å². The summed E-state index contributed by atoms with van der Waals surface area (Å²) in [6, 6.07) is 6.82. The molecule has 1 rings (SSSR count). The van der Waals surface area contributed by atoms with Gasteiger partial charge in [0.05, 0.1) is 11.5 Å². The van der Waals surface area contributed by atoms with E-state index in [1.54, 1.807) is 31.2 Å². The SMILES string of the molecule is CCOC(=O)C(Nc1ccc(Br)cc1)=C(Br)[N+](=O)[O-]. The average molecular weight is 394 g/mol. The fourth-order valence-corrected chi connectivity index (χ4v) is 1.68. The van der Waals surface area contributed by atoms with Crippen LogP contribution in [0, 0.1) is 10.1 Å². The molecule has 19 heavy (non-hydrogen) atoms. The second kappa shape index (κ2) is 7.25. The number of anilines is 1. The van der Waals surface area contributed by atoms with E-state index < -0.39 is 15.5 Å². The van der Waals surface area contributed by atoms with Gasteiger partial charge in [-0.1, -0.05) is 15.9 Å². The standard InChI is InChI=1S/C11H10Br2N2O4/c1-2-19-11(16)9(10(13)15(17)18)14-8-5-3-7(12)4-6-8/h3-6,14H,2H2,1H3. The zero-order valence-corrected chi connectivity index (χ0v) is 13.0. The molecule has 0 radical (unpaired) electrons. The van der Waals surface area contributed by atoms with E-state index in [0.717, 1.165) is 4.47 Å². The molecule has 102 valence electrons. The molecule has 1 aromatic carbocycles. The summed E-state index contributed by atoms with van der Waals surface area (Å²) in [7, 11) is 0. The van der Waals surface area contributed by atoms with Crippen molar-refractivity contribution in [3.63, 3.8) is 0 Å². The molecule has 1 N–H and O–H groups in total. The first-order valence-electron chi connectivity index (χ1n) is 5.19. The second-order valence-corrected chi connectivity index (χ2v) is 4.94. The summed E-state index contributed by atoms with van der Waals surface area (Å²) >= 11 is 6.03. The third-order valence-electron chi connectivity index (χ3n) is 1.96. The molecule has 0 aliphatic carbocycles. The normalized spacial score (nSPS) is 11.5. The summed E-state index contributed by atoms with van der Waals surface area (Å²) < 4.78 is 5.15. The number of carbonyl (C=O) groups is 1. The molecule has 1 aromatic rings. The quantitative estimate of drug-likeness (QED) is 0.273. The Morgan fingerprint density at radius 1 is 1.42 bits per heavy atom. The number of rotatable bonds is 5. The Morgan fingerprint density at radius 2 is 2.00 bits per heavy atom. The zero-order valence-electron chi connectivity index (χ0n) is 9.85. The molecule has 0 aliphatic rings. The Hall–Kier alpha value is -1.41. The predicted octanol–water partition coefficient (Wildman–Crippen LogP) is 3.26. The lowest BCUT2D eigenvalue weighted by molar-refractivity contribution is -0.409. The van der Waals surface area contributed by atoms with Crippen molar-refractivity contribution in [2.24, 2.45) is 0 Å². The summed E-state index contributed by atoms with van der Waals surface area (Å²) in [5, 5.41) is 13.4. The summed E-state index contributed by atoms with van der Waals surface area (Å²) in [4.78, 5) is 21.7. The van der Waals surface area contributed by atoms with Gasteiger partial charge in [0, 0.05) is 26.1 Å². The first-order valence-corrected chi connectivity index (χ1v) is 6.78. The fraction of sp³-hybridized carbons (Fsp3) is 0.182. The number of nitrogens with one attached hydrogen (secondary N) is 1. The minimum absolute atomic E-state index is 0.127. The zero-order chi connectivity index (χ0) is 14.4. The Labute approximate surface area is 126 Å². The first-order chi connectivity index (χ1) is 8.95. The van der Waals surface area contributed by atoms with Crippen LogP contribution in [0.5, 0.6) is 0 Å². The maximum Gasteiger partial charge on any atom is 0.362 e. The Morgan fingerprint density at radius 3 is 2.47 bits per heavy atom. The highest BCUT2D eigenvalue weighted by Gasteiger charge is 2.23. The van der Waals surface area contributed by atoms with Crippen LogP contribution in [0.3, 0.4) is 0 Å². The van der Waals surface area contributed by atoms with E-state index in [1.165, 1.54) is 0 Å². The molecular formula is C11H10Br2N2O4. The molecule has 0 heterocycles. The monoisotopic (exact) mass is 392 g/mol. The summed E-state index contributed by atoms with van der Waals surface area (Å²) in [5.74, 6) is -0.797. The molecule has 0 spiro atoms. The van der Waals surface area contributed by atoms with Gasteiger partial charge in [0.15, 0.2) is 0 Å². The lowest BCUT2D eigenvalue weighted by atomic mass is 10.3. The van der Waals surface area contributed by atoms with Crippen molar-refractivity contribution in [2.75, 3.05) is 11.9 Å². The second-order valence-electron chi connectivity index (χ2n) is 3.28. The molecule has 0 aliphatic heterocycles. The lowest BCUT2D eigenvalue weighted by Crippen LogP contribution is -2.18. The smallest absolute Gasteiger partial charge is 0.362 e. The van der Waals surface area contributed by atoms with Crippen molar-refractivity contribution < 1.29 is 14.5 Å². The highest BCUT2D eigenvalue weighted by atomic mass is 79.9. The van der Waals surface area contributed by atoms with Crippen LogP contribution < -0.4 is 5.32 Å². The van der Waals surface area contributed by atoms with Gasteiger partial charge < -0.3 is 10.1 Å². The van der Waals surface area contributed by atoms with Gasteiger partial charge in [-0.15, -0.1) is 0 Å². The van der Waals surface area contributed by atoms with Crippen LogP contribution in [0.1, 0.15) is 6.92 Å². The van der Waals surface area contributed by atoms with E-state index in [9.17, 15) is 14.9 Å². The Bertz CT molecular complexity index is 514. The summed E-state index contributed by atoms with van der Waals surface area (Å²) in [5.41, 5.74) is 0.277. The predicted molar refractivity (Wildman–Crippen MR) is 77.3 cm³/mol. The molecule has 0 saturated carbocycles. The van der Waals surface area contributed by atoms with Gasteiger partial charge in [-0.2, -0.15) is 0 Å². The van der Waals surface area contributed by atoms with Crippen molar-refractivity contribution >= 4 is 43.5 Å². The molecule has 0 bridgehead atoms. The minimum Gasteiger partial charge on any atom is -0.461 e. The van der Waals surface area contributed by atoms with Gasteiger partial charge in [0.25, 0.3) is 0 Å². The molecule has 0 atom stereocenters. The van der Waals surface area contributed by atoms with Crippen molar-refractivity contribution in [1.82, 2.24) is 0 Å². The van der Waals surface area contributed by atoms with Crippen LogP contribution in [0.15, 0.2) is 39.0 Å². The van der Waals surface area contributed by atoms with E-state index in [1.807, 2.05) is 0 Å². The molecule has 0 fully saturated rings. The number of hydrogen-bond donors (Lipinski definition) is 1. The van der Waals surface area contributed by atoms with E-state index in [-0.39, 0.29) is 12.3 Å². The molecule has 0 saturated heterocycles. The van der Waals surface area contributed by atoms with Crippen LogP contribution in [0.2, 0.25) is 0 Å². The molecule has 0 aromatic heterocycles. The van der Waals surface area contributed by atoms with Crippen LogP contribution in [-0.4, -0.2) is 17.5 Å². The third-order valence-corrected chi connectivity index (χ3v) is 3.17. The van der Waals surface area contributed by atoms with Gasteiger partial charge in [0.2, 0.25) is 5.70 Å². The molecule has 0 unspecified atom stereocenters. The van der Waals surface area contributed by atoms with E-state index in [4.69, 9.17) is 4.74 Å². The number of nitro groups is 1. The fourth-order valence-electron chi connectivity index (χ4n) is 1.16. The third kappa shape index (κ3) is 4.64. The van der Waals surface area contributed by atoms with Crippen LogP contribution in [0.4, 0.5) is 5.69 Å². The number of halogens is 2. The summed E-state index contributed by atoms with van der Waals surface area (Å²) in [6.45, 7) is 1.75. The van der Waals surface area contributed by atoms with E-state index in [0.29, 0.717) is 5.69 Å². The van der Waals surface area contributed by atoms with Crippen LogP contribution in [-0.2, 0) is 9.53 Å². The van der Waals surface area contributed by atoms with Gasteiger partial charge in [-0.05, 0) is 31.2 Å². The molecular weight excluding hydrogens is 384 g/mol. The van der Waals surface area contributed by atoms with Crippen molar-refractivity contribution in [2.45, 2.75) is 6.92 Å². The Balaban J connectivity index is 3.05. The molecule has 8 heteroatoms. The molecule has 0 amide bonds. The highest BCUT2D eigenvalue weighted by Crippen LogP contribution is 2.20. The van der Waals surface area contributed by atoms with Gasteiger partial charge in [-0.3, -0.25) is 10.1 Å². The van der Waals surface area contributed by atoms with Crippen LogP contribution in [0.25, 0.3) is 0 Å². The van der Waals surface area contributed by atoms with Crippen molar-refractivity contribution in [3.05, 3.63) is 49.2 Å². The lowest BCUT2D eigenvalue weighted by Gasteiger charge is -2.09. The number of esters is 1. The van der Waals surface area contributed by atoms with Gasteiger partial charge in [-0.25, -0.2) is 4.79 Å². The highest BCUT2D eigenvalue weighted by molar-refractivity contribution is 9.11. The number of nitrogens with zero attached hydrogens (tertiary/aromatic N) is 1. The van der Waals surface area contributed by atoms with E-state index >= 15 is 0 Å². The maximum atomic E-state index is 11.7. The Kier molecular flexibility index (Phi) is 5.97. The van der Waals surface area contributed by atoms with Gasteiger partial charge >= 0.3 is 10.6 Å². The minimum atomic E-state index is -0.797. The topological polar surface area (TPSA) is 81.5 Å². The first kappa shape index (κ1) is 15.6. The maximum absolute atomic E-state index is 11.7.